The van der Waals surface area contributed by atoms with E-state index in [0.717, 1.165) is 25.7 Å². The third-order valence-corrected chi connectivity index (χ3v) is 10.1. The van der Waals surface area contributed by atoms with Crippen LogP contribution in [0.4, 0.5) is 0 Å². The number of hydrogen-bond acceptors (Lipinski definition) is 1. The maximum absolute atomic E-state index is 11.3. The number of aromatic amines is 1. The summed E-state index contributed by atoms with van der Waals surface area (Å²) >= 11 is 0. The van der Waals surface area contributed by atoms with Crippen LogP contribution in [0.25, 0.3) is 10.9 Å². The quantitative estimate of drug-likeness (QED) is 0.536. The fourth-order valence-electron chi connectivity index (χ4n) is 8.29. The molecular weight excluding hydrogens is 366 g/mol. The van der Waals surface area contributed by atoms with Gasteiger partial charge in [-0.05, 0) is 73.3 Å². The summed E-state index contributed by atoms with van der Waals surface area (Å²) in [5.41, 5.74) is 4.78. The zero-order valence-electron chi connectivity index (χ0n) is 19.5. The highest BCUT2D eigenvalue weighted by atomic mass is 16.3. The average molecular weight is 406 g/mol. The molecular formula is C28H39NO. The van der Waals surface area contributed by atoms with Gasteiger partial charge in [-0.25, -0.2) is 0 Å². The second-order valence-corrected chi connectivity index (χ2v) is 11.5. The third-order valence-electron chi connectivity index (χ3n) is 10.1. The molecule has 0 bridgehead atoms. The molecule has 0 aliphatic heterocycles. The number of benzene rings is 1. The zero-order chi connectivity index (χ0) is 21.3. The van der Waals surface area contributed by atoms with Crippen molar-refractivity contribution in [2.24, 2.45) is 34.0 Å². The predicted molar refractivity (Wildman–Crippen MR) is 125 cm³/mol. The Labute approximate surface area is 182 Å². The van der Waals surface area contributed by atoms with Gasteiger partial charge >= 0.3 is 0 Å². The largest absolute Gasteiger partial charge is 0.393 e. The number of nitrogens with one attached hydrogen (secondary N) is 1. The summed E-state index contributed by atoms with van der Waals surface area (Å²) in [4.78, 5) is 3.52. The number of fused-ring (bicyclic) bond motifs is 1. The molecule has 30 heavy (non-hydrogen) atoms. The molecule has 2 nitrogen and oxygen atoms in total. The van der Waals surface area contributed by atoms with Crippen molar-refractivity contribution in [2.45, 2.75) is 79.2 Å². The van der Waals surface area contributed by atoms with Gasteiger partial charge in [0.05, 0.1) is 6.10 Å². The molecule has 162 valence electrons. The standard InChI is InChI=1S/C28H39NO/c1-18(2)22-13-14-27(5)25(30)11-10-24-26(4,19(3)12-15-28(22,24)27)16-20-17-29-23-9-7-6-8-21(20)23/h6-9,13,17-19,24-25,29-30H,10-12,14-16H2,1-5H3. The van der Waals surface area contributed by atoms with Crippen LogP contribution < -0.4 is 0 Å². The van der Waals surface area contributed by atoms with Crippen molar-refractivity contribution in [3.63, 3.8) is 0 Å². The highest BCUT2D eigenvalue weighted by molar-refractivity contribution is 5.83. The molecule has 1 spiro atoms. The maximum Gasteiger partial charge on any atom is 0.0605 e. The number of aromatic nitrogens is 1. The molecule has 6 unspecified atom stereocenters. The minimum Gasteiger partial charge on any atom is -0.393 e. The van der Waals surface area contributed by atoms with Gasteiger partial charge in [-0.2, -0.15) is 0 Å². The van der Waals surface area contributed by atoms with Crippen LogP contribution in [0.1, 0.15) is 72.3 Å². The topological polar surface area (TPSA) is 36.0 Å². The van der Waals surface area contributed by atoms with E-state index in [9.17, 15) is 5.11 Å². The Morgan fingerprint density at radius 3 is 2.67 bits per heavy atom. The second-order valence-electron chi connectivity index (χ2n) is 11.5. The van der Waals surface area contributed by atoms with E-state index in [4.69, 9.17) is 0 Å². The smallest absolute Gasteiger partial charge is 0.0605 e. The van der Waals surface area contributed by atoms with Crippen molar-refractivity contribution in [2.75, 3.05) is 0 Å². The lowest BCUT2D eigenvalue weighted by atomic mass is 9.38. The first kappa shape index (κ1) is 20.4. The van der Waals surface area contributed by atoms with Gasteiger partial charge in [-0.15, -0.1) is 0 Å². The molecule has 2 saturated carbocycles. The van der Waals surface area contributed by atoms with E-state index in [1.807, 2.05) is 0 Å². The number of aliphatic hydroxyl groups is 1. The van der Waals surface area contributed by atoms with Gasteiger partial charge in [0.1, 0.15) is 0 Å². The lowest BCUT2D eigenvalue weighted by molar-refractivity contribution is -0.177. The van der Waals surface area contributed by atoms with Crippen LogP contribution in [0.15, 0.2) is 42.1 Å². The van der Waals surface area contributed by atoms with Gasteiger partial charge < -0.3 is 10.1 Å². The van der Waals surface area contributed by atoms with Gasteiger partial charge in [0.2, 0.25) is 0 Å². The van der Waals surface area contributed by atoms with Gasteiger partial charge in [0, 0.05) is 27.9 Å². The van der Waals surface area contributed by atoms with Gasteiger partial charge in [-0.3, -0.25) is 0 Å². The SMILES string of the molecule is CC(C)C1=CCC2(C)C(O)CCC3C(C)(Cc4c[nH]c5ccccc45)C(C)CCC132. The zero-order valence-corrected chi connectivity index (χ0v) is 19.5. The molecule has 1 aromatic carbocycles. The van der Waals surface area contributed by atoms with E-state index in [-0.39, 0.29) is 22.3 Å². The first-order chi connectivity index (χ1) is 14.2. The van der Waals surface area contributed by atoms with Crippen molar-refractivity contribution >= 4 is 10.9 Å². The van der Waals surface area contributed by atoms with Crippen LogP contribution in [-0.4, -0.2) is 16.2 Å². The Hall–Kier alpha value is -1.54. The Balaban J connectivity index is 1.63. The Bertz CT molecular complexity index is 985. The normalized spacial score (nSPS) is 41.0. The van der Waals surface area contributed by atoms with Crippen molar-refractivity contribution in [1.29, 1.82) is 0 Å². The van der Waals surface area contributed by atoms with Crippen molar-refractivity contribution in [1.82, 2.24) is 4.98 Å². The highest BCUT2D eigenvalue weighted by Gasteiger charge is 2.67. The lowest BCUT2D eigenvalue weighted by Crippen LogP contribution is -2.62. The number of hydrogen-bond donors (Lipinski definition) is 2. The summed E-state index contributed by atoms with van der Waals surface area (Å²) in [6.45, 7) is 12.2. The van der Waals surface area contributed by atoms with Gasteiger partial charge in [0.15, 0.2) is 0 Å². The van der Waals surface area contributed by atoms with Crippen molar-refractivity contribution in [3.05, 3.63) is 47.7 Å². The number of H-pyrrole nitrogens is 1. The van der Waals surface area contributed by atoms with E-state index in [0.29, 0.717) is 17.8 Å². The minimum atomic E-state index is -0.174. The molecule has 2 fully saturated rings. The molecule has 2 N–H and O–H groups in total. The van der Waals surface area contributed by atoms with Crippen LogP contribution in [-0.2, 0) is 6.42 Å². The van der Waals surface area contributed by atoms with E-state index in [1.165, 1.54) is 29.3 Å². The molecule has 1 aromatic heterocycles. The molecule has 3 aliphatic carbocycles. The van der Waals surface area contributed by atoms with Crippen LogP contribution >= 0.6 is 0 Å². The number of para-hydroxylation sites is 1. The number of rotatable bonds is 3. The van der Waals surface area contributed by atoms with E-state index in [1.54, 1.807) is 5.57 Å². The molecule has 0 radical (unpaired) electrons. The van der Waals surface area contributed by atoms with Gasteiger partial charge in [0.25, 0.3) is 0 Å². The first-order valence-electron chi connectivity index (χ1n) is 12.2. The molecule has 1 heterocycles. The molecule has 2 aromatic rings. The van der Waals surface area contributed by atoms with Crippen LogP contribution in [0.5, 0.6) is 0 Å². The maximum atomic E-state index is 11.3. The first-order valence-corrected chi connectivity index (χ1v) is 12.2. The second kappa shape index (κ2) is 6.73. The summed E-state index contributed by atoms with van der Waals surface area (Å²) in [5, 5.41) is 12.7. The van der Waals surface area contributed by atoms with Crippen molar-refractivity contribution in [3.8, 4) is 0 Å². The molecule has 6 atom stereocenters. The van der Waals surface area contributed by atoms with E-state index >= 15 is 0 Å². The molecule has 0 amide bonds. The summed E-state index contributed by atoms with van der Waals surface area (Å²) in [7, 11) is 0. The lowest BCUT2D eigenvalue weighted by Gasteiger charge is -2.66. The average Bonchev–Trinajstić information content (AvgIpc) is 3.25. The Morgan fingerprint density at radius 1 is 1.13 bits per heavy atom. The van der Waals surface area contributed by atoms with E-state index in [2.05, 4.69) is 76.1 Å². The fourth-order valence-corrected chi connectivity index (χ4v) is 8.29. The number of allylic oxidation sites excluding steroid dienone is 2. The Morgan fingerprint density at radius 2 is 1.90 bits per heavy atom. The van der Waals surface area contributed by atoms with Crippen molar-refractivity contribution < 1.29 is 5.11 Å². The molecule has 3 aliphatic rings. The summed E-state index contributed by atoms with van der Waals surface area (Å²) in [5.74, 6) is 1.88. The summed E-state index contributed by atoms with van der Waals surface area (Å²) in [6, 6.07) is 8.75. The van der Waals surface area contributed by atoms with E-state index < -0.39 is 0 Å². The summed E-state index contributed by atoms with van der Waals surface area (Å²) < 4.78 is 0. The Kier molecular flexibility index (Phi) is 4.57. The molecule has 0 saturated heterocycles. The third kappa shape index (κ3) is 2.46. The molecule has 5 rings (SSSR count). The molecule has 2 heteroatoms. The van der Waals surface area contributed by atoms with Crippen LogP contribution in [0.2, 0.25) is 0 Å². The predicted octanol–water partition coefficient (Wildman–Crippen LogP) is 6.90. The highest BCUT2D eigenvalue weighted by Crippen LogP contribution is 2.73. The fraction of sp³-hybridized carbons (Fsp3) is 0.643. The summed E-state index contributed by atoms with van der Waals surface area (Å²) in [6.07, 6.45) is 11.4. The number of aliphatic hydroxyl groups excluding tert-OH is 1. The monoisotopic (exact) mass is 405 g/mol. The van der Waals surface area contributed by atoms with Crippen LogP contribution in [0, 0.1) is 34.0 Å². The van der Waals surface area contributed by atoms with Crippen LogP contribution in [0.3, 0.4) is 0 Å². The minimum absolute atomic E-state index is 0.00284. The van der Waals surface area contributed by atoms with Gasteiger partial charge in [-0.1, -0.05) is 64.5 Å².